The van der Waals surface area contributed by atoms with Gasteiger partial charge in [-0.2, -0.15) is 0 Å². The van der Waals surface area contributed by atoms with E-state index in [2.05, 4.69) is 22.1 Å². The largest absolute Gasteiger partial charge is 0.465 e. The topological polar surface area (TPSA) is 104 Å². The third-order valence-electron chi connectivity index (χ3n) is 7.36. The maximum atomic E-state index is 13.6. The number of thiazole rings is 1. The minimum absolute atomic E-state index is 0.0832. The van der Waals surface area contributed by atoms with Crippen molar-refractivity contribution in [2.45, 2.75) is 68.7 Å². The second-order valence-electron chi connectivity index (χ2n) is 9.93. The first-order chi connectivity index (χ1) is 17.9. The summed E-state index contributed by atoms with van der Waals surface area (Å²) in [7, 11) is 0. The molecule has 0 unspecified atom stereocenters. The Morgan fingerprint density at radius 2 is 1.73 bits per heavy atom. The highest BCUT2D eigenvalue weighted by Crippen LogP contribution is 2.33. The van der Waals surface area contributed by atoms with Gasteiger partial charge in [0, 0.05) is 38.3 Å². The summed E-state index contributed by atoms with van der Waals surface area (Å²) in [5.41, 5.74) is 0. The Bertz CT molecular complexity index is 909. The van der Waals surface area contributed by atoms with Gasteiger partial charge in [-0.3, -0.25) is 10.1 Å². The van der Waals surface area contributed by atoms with Crippen LogP contribution in [-0.4, -0.2) is 102 Å². The number of rotatable bonds is 7. The zero-order valence-corrected chi connectivity index (χ0v) is 23.5. The number of nitrogens with zero attached hydrogens (tertiary/aromatic N) is 4. The highest BCUT2D eigenvalue weighted by molar-refractivity contribution is 8.01. The maximum absolute atomic E-state index is 13.6. The van der Waals surface area contributed by atoms with Crippen molar-refractivity contribution < 1.29 is 23.9 Å². The Hall–Kier alpha value is -2.05. The number of hydrogen-bond acceptors (Lipinski definition) is 8. The number of thioether (sulfide) groups is 1. The van der Waals surface area contributed by atoms with E-state index in [1.807, 2.05) is 9.80 Å². The van der Waals surface area contributed by atoms with Crippen LogP contribution in [0.4, 0.5) is 14.7 Å². The second kappa shape index (κ2) is 13.7. The van der Waals surface area contributed by atoms with Crippen molar-refractivity contribution >= 4 is 46.3 Å². The summed E-state index contributed by atoms with van der Waals surface area (Å²) < 4.78 is 11.2. The molecule has 0 radical (unpaired) electrons. The summed E-state index contributed by atoms with van der Waals surface area (Å²) in [5, 5.41) is 3.56. The lowest BCUT2D eigenvalue weighted by Gasteiger charge is -2.44. The van der Waals surface area contributed by atoms with E-state index in [-0.39, 0.29) is 35.9 Å². The first kappa shape index (κ1) is 28.0. The van der Waals surface area contributed by atoms with Crippen molar-refractivity contribution in [3.8, 4) is 0 Å². The number of likely N-dealkylation sites (tertiary alicyclic amines) is 1. The first-order valence-electron chi connectivity index (χ1n) is 13.4. The van der Waals surface area contributed by atoms with Gasteiger partial charge in [0.05, 0.1) is 36.0 Å². The summed E-state index contributed by atoms with van der Waals surface area (Å²) in [5.74, 6) is 0.645. The summed E-state index contributed by atoms with van der Waals surface area (Å²) in [6, 6.07) is 0.249. The molecule has 10 nitrogen and oxygen atoms in total. The Morgan fingerprint density at radius 1 is 1.08 bits per heavy atom. The summed E-state index contributed by atoms with van der Waals surface area (Å²) in [6.07, 6.45) is 7.47. The van der Waals surface area contributed by atoms with Crippen LogP contribution in [0.25, 0.3) is 0 Å². The predicted octanol–water partition coefficient (Wildman–Crippen LogP) is 4.13. The molecule has 0 aromatic carbocycles. The molecule has 206 valence electrons. The molecule has 2 aliphatic heterocycles. The average Bonchev–Trinajstić information content (AvgIpc) is 3.36. The lowest BCUT2D eigenvalue weighted by atomic mass is 9.85. The van der Waals surface area contributed by atoms with Crippen LogP contribution >= 0.6 is 23.1 Å². The Balaban J connectivity index is 1.36. The molecule has 1 aromatic heterocycles. The summed E-state index contributed by atoms with van der Waals surface area (Å²) in [4.78, 5) is 48.4. The van der Waals surface area contributed by atoms with Gasteiger partial charge in [-0.05, 0) is 51.4 Å². The molecule has 4 amide bonds. The van der Waals surface area contributed by atoms with Gasteiger partial charge in [0.1, 0.15) is 0 Å². The second-order valence-corrected chi connectivity index (χ2v) is 12.2. The van der Waals surface area contributed by atoms with Crippen LogP contribution in [0.15, 0.2) is 10.4 Å². The van der Waals surface area contributed by atoms with Gasteiger partial charge in [0.2, 0.25) is 0 Å². The number of carbonyl (C=O) groups excluding carboxylic acids is 3. The summed E-state index contributed by atoms with van der Waals surface area (Å²) >= 11 is 2.73. The number of ether oxygens (including phenoxy) is 2. The van der Waals surface area contributed by atoms with Gasteiger partial charge in [0.25, 0.3) is 0 Å². The third kappa shape index (κ3) is 7.73. The number of hydrogen-bond donors (Lipinski definition) is 1. The van der Waals surface area contributed by atoms with Crippen molar-refractivity contribution in [2.24, 2.45) is 5.92 Å². The van der Waals surface area contributed by atoms with Crippen molar-refractivity contribution in [1.82, 2.24) is 19.7 Å². The van der Waals surface area contributed by atoms with Crippen LogP contribution in [0.2, 0.25) is 0 Å². The van der Waals surface area contributed by atoms with E-state index in [0.29, 0.717) is 57.0 Å². The number of carbonyl (C=O) groups is 3. The number of anilines is 1. The molecule has 1 N–H and O–H groups in total. The lowest BCUT2D eigenvalue weighted by Crippen LogP contribution is -2.56. The lowest BCUT2D eigenvalue weighted by molar-refractivity contribution is -0.139. The minimum atomic E-state index is -0.261. The zero-order chi connectivity index (χ0) is 26.2. The molecule has 3 heterocycles. The van der Waals surface area contributed by atoms with Crippen molar-refractivity contribution in [2.75, 3.05) is 57.1 Å². The Morgan fingerprint density at radius 3 is 2.41 bits per heavy atom. The quantitative estimate of drug-likeness (QED) is 0.400. The molecule has 3 fully saturated rings. The molecule has 2 saturated heterocycles. The first-order valence-corrected chi connectivity index (χ1v) is 15.2. The monoisotopic (exact) mass is 553 g/mol. The molecule has 12 heteroatoms. The number of morpholine rings is 1. The van der Waals surface area contributed by atoms with Crippen molar-refractivity contribution in [1.29, 1.82) is 0 Å². The zero-order valence-electron chi connectivity index (χ0n) is 21.9. The van der Waals surface area contributed by atoms with E-state index in [9.17, 15) is 14.4 Å². The van der Waals surface area contributed by atoms with E-state index in [0.717, 1.165) is 42.7 Å². The average molecular weight is 554 g/mol. The molecule has 4 rings (SSSR count). The van der Waals surface area contributed by atoms with E-state index in [4.69, 9.17) is 9.47 Å². The minimum Gasteiger partial charge on any atom is -0.465 e. The number of piperidine rings is 1. The molecular formula is C25H39N5O5S2. The summed E-state index contributed by atoms with van der Waals surface area (Å²) in [6.45, 7) is 8.20. The molecular weight excluding hydrogens is 514 g/mol. The van der Waals surface area contributed by atoms with Crippen LogP contribution < -0.4 is 5.32 Å². The molecule has 3 aliphatic rings. The highest BCUT2D eigenvalue weighted by atomic mass is 32.2. The van der Waals surface area contributed by atoms with Crippen LogP contribution in [0, 0.1) is 5.92 Å². The molecule has 0 bridgehead atoms. The maximum Gasteiger partial charge on any atom is 0.324 e. The van der Waals surface area contributed by atoms with Crippen molar-refractivity contribution in [3.05, 3.63) is 6.20 Å². The van der Waals surface area contributed by atoms with Gasteiger partial charge < -0.3 is 24.2 Å². The van der Waals surface area contributed by atoms with Crippen molar-refractivity contribution in [3.63, 3.8) is 0 Å². The van der Waals surface area contributed by atoms with E-state index in [1.54, 1.807) is 13.1 Å². The number of aromatic nitrogens is 1. The number of urea groups is 2. The number of amides is 4. The van der Waals surface area contributed by atoms with Crippen LogP contribution in [-0.2, 0) is 14.3 Å². The molecule has 0 spiro atoms. The van der Waals surface area contributed by atoms with Crippen LogP contribution in [0.3, 0.4) is 0 Å². The fourth-order valence-electron chi connectivity index (χ4n) is 5.31. The van der Waals surface area contributed by atoms with Gasteiger partial charge in [-0.25, -0.2) is 14.6 Å². The Kier molecular flexibility index (Phi) is 10.3. The SMILES string of the molecule is CCOC(=O)CSc1cnc(NC(=O)N(C2CCN(C(=O)N3CCOCC3)CC2)[C@H]2CC[C@H](C)CC2)s1. The fraction of sp³-hybridized carbons (Fsp3) is 0.760. The third-order valence-corrected chi connectivity index (χ3v) is 9.44. The molecule has 1 saturated carbocycles. The predicted molar refractivity (Wildman–Crippen MR) is 144 cm³/mol. The van der Waals surface area contributed by atoms with E-state index >= 15 is 0 Å². The van der Waals surface area contributed by atoms with Crippen LogP contribution in [0.5, 0.6) is 0 Å². The van der Waals surface area contributed by atoms with Gasteiger partial charge in [-0.1, -0.05) is 18.3 Å². The molecule has 1 aromatic rings. The number of esters is 1. The fourth-order valence-corrected chi connectivity index (χ4v) is 6.97. The molecule has 0 atom stereocenters. The highest BCUT2D eigenvalue weighted by Gasteiger charge is 2.36. The number of nitrogens with one attached hydrogen (secondary N) is 1. The smallest absolute Gasteiger partial charge is 0.324 e. The van der Waals surface area contributed by atoms with E-state index < -0.39 is 0 Å². The van der Waals surface area contributed by atoms with E-state index in [1.165, 1.54) is 23.1 Å². The van der Waals surface area contributed by atoms with Crippen LogP contribution in [0.1, 0.15) is 52.4 Å². The van der Waals surface area contributed by atoms with Gasteiger partial charge in [-0.15, -0.1) is 11.8 Å². The standard InChI is InChI=1S/C25H39N5O5S2/c1-3-35-21(31)17-36-22-16-26-23(37-22)27-24(32)30(19-6-4-18(2)5-7-19)20-8-10-28(11-9-20)25(33)29-12-14-34-15-13-29/h16,18-20H,3-15,17H2,1-2H3,(H,26,27,32)/t18-,19-. The Labute approximate surface area is 227 Å². The normalized spacial score (nSPS) is 23.0. The van der Waals surface area contributed by atoms with Gasteiger partial charge in [0.15, 0.2) is 5.13 Å². The molecule has 37 heavy (non-hydrogen) atoms. The molecule has 1 aliphatic carbocycles. The van der Waals surface area contributed by atoms with Gasteiger partial charge >= 0.3 is 18.0 Å².